The second-order valence-electron chi connectivity index (χ2n) is 11.2. The minimum absolute atomic E-state index is 0.0189. The Morgan fingerprint density at radius 1 is 1.24 bits per heavy atom. The maximum Gasteiger partial charge on any atom is 0.223 e. The topological polar surface area (TPSA) is 81.9 Å². The predicted octanol–water partition coefficient (Wildman–Crippen LogP) is 3.76. The van der Waals surface area contributed by atoms with E-state index >= 15 is 0 Å². The van der Waals surface area contributed by atoms with Crippen molar-refractivity contribution in [1.82, 2.24) is 25.3 Å². The van der Waals surface area contributed by atoms with Gasteiger partial charge in [-0.15, -0.1) is 5.10 Å². The molecule has 8 rings (SSSR count). The number of pyridine rings is 1. The Bertz CT molecular complexity index is 1290. The first kappa shape index (κ1) is 20.4. The average Bonchev–Trinajstić information content (AvgIpc) is 3.06. The lowest BCUT2D eigenvalue weighted by Gasteiger charge is -2.69. The van der Waals surface area contributed by atoms with Gasteiger partial charge in [0.1, 0.15) is 11.6 Å². The molecule has 34 heavy (non-hydrogen) atoms. The largest absolute Gasteiger partial charge is 0.490 e. The second-order valence-corrected chi connectivity index (χ2v) is 11.2. The van der Waals surface area contributed by atoms with Crippen molar-refractivity contribution in [2.75, 3.05) is 0 Å². The van der Waals surface area contributed by atoms with Crippen LogP contribution in [-0.2, 0) is 10.3 Å². The predicted molar refractivity (Wildman–Crippen MR) is 122 cm³/mol. The minimum atomic E-state index is -0.287. The van der Waals surface area contributed by atoms with Crippen molar-refractivity contribution in [1.29, 1.82) is 0 Å². The number of rotatable bonds is 6. The summed E-state index contributed by atoms with van der Waals surface area (Å²) in [6, 6.07) is 6.40. The van der Waals surface area contributed by atoms with E-state index in [-0.39, 0.29) is 34.8 Å². The molecule has 0 spiro atoms. The third-order valence-electron chi connectivity index (χ3n) is 8.90. The fourth-order valence-electron chi connectivity index (χ4n) is 7.29. The zero-order valence-corrected chi connectivity index (χ0v) is 19.4. The van der Waals surface area contributed by atoms with Crippen molar-refractivity contribution in [3.63, 3.8) is 0 Å². The smallest absolute Gasteiger partial charge is 0.223 e. The van der Waals surface area contributed by atoms with Gasteiger partial charge in [-0.05, 0) is 81.0 Å². The normalized spacial score (nSPS) is 35.7. The van der Waals surface area contributed by atoms with Crippen molar-refractivity contribution in [3.05, 3.63) is 48.2 Å². The summed E-state index contributed by atoms with van der Waals surface area (Å²) in [7, 11) is 0. The molecular formula is C26H28FN5O2. The van der Waals surface area contributed by atoms with Gasteiger partial charge in [0.15, 0.2) is 0 Å². The molecule has 1 N–H and O–H groups in total. The summed E-state index contributed by atoms with van der Waals surface area (Å²) in [6.45, 7) is 4.03. The molecule has 0 aliphatic heterocycles. The number of hydrogen-bond acceptors (Lipinski definition) is 5. The van der Waals surface area contributed by atoms with E-state index in [1.165, 1.54) is 12.1 Å². The number of aryl methyl sites for hydroxylation is 1. The van der Waals surface area contributed by atoms with Crippen LogP contribution >= 0.6 is 0 Å². The fourth-order valence-corrected chi connectivity index (χ4v) is 7.29. The highest BCUT2D eigenvalue weighted by atomic mass is 19.1. The zero-order valence-electron chi connectivity index (χ0n) is 19.4. The van der Waals surface area contributed by atoms with Crippen molar-refractivity contribution in [2.45, 2.75) is 63.1 Å². The van der Waals surface area contributed by atoms with E-state index in [0.29, 0.717) is 28.9 Å². The first-order valence-corrected chi connectivity index (χ1v) is 12.3. The molecule has 2 heterocycles. The van der Waals surface area contributed by atoms with E-state index in [9.17, 15) is 9.18 Å². The van der Waals surface area contributed by atoms with Crippen molar-refractivity contribution in [2.24, 2.45) is 23.7 Å². The molecule has 5 aliphatic rings. The first-order chi connectivity index (χ1) is 16.3. The summed E-state index contributed by atoms with van der Waals surface area (Å²) in [5.74, 6) is 2.12. The molecule has 5 saturated carbocycles. The van der Waals surface area contributed by atoms with E-state index in [2.05, 4.69) is 27.5 Å². The zero-order chi connectivity index (χ0) is 23.2. The van der Waals surface area contributed by atoms with Gasteiger partial charge in [-0.3, -0.25) is 9.78 Å². The number of carbonyl (C=O) groups excluding carboxylic acids is 1. The van der Waals surface area contributed by atoms with E-state index in [1.54, 1.807) is 12.3 Å². The molecule has 8 heteroatoms. The molecule has 1 amide bonds. The van der Waals surface area contributed by atoms with Gasteiger partial charge < -0.3 is 10.1 Å². The van der Waals surface area contributed by atoms with Crippen LogP contribution in [0.1, 0.15) is 44.7 Å². The Balaban J connectivity index is 0.941. The van der Waals surface area contributed by atoms with Gasteiger partial charge in [-0.2, -0.15) is 0 Å². The number of ether oxygens (including phenoxy) is 1. The molecule has 2 bridgehead atoms. The number of hydrogen-bond donors (Lipinski definition) is 1. The molecule has 5 fully saturated rings. The van der Waals surface area contributed by atoms with Crippen molar-refractivity contribution < 1.29 is 13.9 Å². The molecule has 0 radical (unpaired) electrons. The molecule has 7 nitrogen and oxygen atoms in total. The lowest BCUT2D eigenvalue weighted by atomic mass is 9.44. The van der Waals surface area contributed by atoms with Crippen LogP contribution in [-0.4, -0.2) is 37.5 Å². The van der Waals surface area contributed by atoms with E-state index < -0.39 is 0 Å². The number of nitrogens with one attached hydrogen (secondary N) is 1. The van der Waals surface area contributed by atoms with Crippen LogP contribution in [0.4, 0.5) is 4.39 Å². The monoisotopic (exact) mass is 461 g/mol. The van der Waals surface area contributed by atoms with Crippen LogP contribution in [0.5, 0.6) is 5.75 Å². The summed E-state index contributed by atoms with van der Waals surface area (Å²) in [5.41, 5.74) is 1.69. The number of carbonyl (C=O) groups is 1. The van der Waals surface area contributed by atoms with Crippen LogP contribution in [0.15, 0.2) is 36.7 Å². The number of benzene rings is 1. The molecule has 2 aromatic heterocycles. The Morgan fingerprint density at radius 2 is 2.00 bits per heavy atom. The summed E-state index contributed by atoms with van der Waals surface area (Å²) in [6.07, 6.45) is 8.58. The highest BCUT2D eigenvalue weighted by Gasteiger charge is 2.71. The van der Waals surface area contributed by atoms with Crippen LogP contribution in [0.3, 0.4) is 0 Å². The van der Waals surface area contributed by atoms with E-state index in [1.807, 2.05) is 23.9 Å². The molecule has 1 unspecified atom stereocenters. The lowest BCUT2D eigenvalue weighted by molar-refractivity contribution is -0.162. The molecule has 176 valence electrons. The Hall–Kier alpha value is -3.03. The van der Waals surface area contributed by atoms with Crippen LogP contribution in [0, 0.1) is 36.4 Å². The average molecular weight is 462 g/mol. The number of halogens is 1. The van der Waals surface area contributed by atoms with Gasteiger partial charge in [0, 0.05) is 29.2 Å². The first-order valence-electron chi connectivity index (χ1n) is 12.3. The summed E-state index contributed by atoms with van der Waals surface area (Å²) >= 11 is 0. The third kappa shape index (κ3) is 2.93. The summed E-state index contributed by atoms with van der Waals surface area (Å²) in [5, 5.41) is 12.4. The Labute approximate surface area is 197 Å². The molecule has 3 aromatic rings. The lowest BCUT2D eigenvalue weighted by Crippen LogP contribution is -2.79. The Morgan fingerprint density at radius 3 is 2.71 bits per heavy atom. The molecule has 5 aliphatic carbocycles. The van der Waals surface area contributed by atoms with E-state index in [0.717, 1.165) is 43.3 Å². The number of nitrogens with zero attached hydrogens (tertiary/aromatic N) is 4. The maximum absolute atomic E-state index is 13.7. The second kappa shape index (κ2) is 6.77. The van der Waals surface area contributed by atoms with Gasteiger partial charge in [0.25, 0.3) is 0 Å². The highest BCUT2D eigenvalue weighted by molar-refractivity contribution is 5.84. The number of aromatic nitrogens is 4. The summed E-state index contributed by atoms with van der Waals surface area (Å²) in [4.78, 5) is 17.4. The van der Waals surface area contributed by atoms with Crippen molar-refractivity contribution >= 4 is 16.8 Å². The standard InChI is InChI=1S/C26H28FN5O2/c1-14-10-32(31-30-14)26-11-25(12-26,13-26)29-24(33)15(2)23-18-8-17(9-19(18)23)34-22-5-6-28-21-4-3-16(27)7-20(21)22/h3-7,10,15,17-19,23H,8-9,11-13H2,1-2H3,(H,29,33)/t15?,17-,18-,19+,23+,25?,26?. The molecule has 5 atom stereocenters. The molecule has 0 saturated heterocycles. The number of amides is 1. The summed E-state index contributed by atoms with van der Waals surface area (Å²) < 4.78 is 22.0. The van der Waals surface area contributed by atoms with Gasteiger partial charge in [0.05, 0.1) is 22.9 Å². The van der Waals surface area contributed by atoms with Crippen LogP contribution < -0.4 is 10.1 Å². The van der Waals surface area contributed by atoms with E-state index in [4.69, 9.17) is 4.74 Å². The number of fused-ring (bicyclic) bond motifs is 2. The quantitative estimate of drug-likeness (QED) is 0.605. The SMILES string of the molecule is Cc1cn(C23CC(NC(=O)C(C)[C@H]4[C@@H]5C[C@@H](Oc6ccnc7ccc(F)cc67)C[C@@H]54)(C2)C3)nn1. The van der Waals surface area contributed by atoms with Crippen molar-refractivity contribution in [3.8, 4) is 5.75 Å². The van der Waals surface area contributed by atoms with Gasteiger partial charge in [0.2, 0.25) is 5.91 Å². The van der Waals surface area contributed by atoms with Gasteiger partial charge in [-0.1, -0.05) is 12.1 Å². The van der Waals surface area contributed by atoms with Crippen LogP contribution in [0.2, 0.25) is 0 Å². The van der Waals surface area contributed by atoms with Gasteiger partial charge in [-0.25, -0.2) is 9.07 Å². The molecule has 1 aromatic carbocycles. The minimum Gasteiger partial charge on any atom is -0.490 e. The fraction of sp³-hybridized carbons (Fsp3) is 0.538. The Kier molecular flexibility index (Phi) is 4.05. The maximum atomic E-state index is 13.7. The third-order valence-corrected chi connectivity index (χ3v) is 8.90. The highest BCUT2D eigenvalue weighted by Crippen LogP contribution is 2.66. The van der Waals surface area contributed by atoms with Crippen LogP contribution in [0.25, 0.3) is 10.9 Å². The van der Waals surface area contributed by atoms with Gasteiger partial charge >= 0.3 is 0 Å². The molecular weight excluding hydrogens is 433 g/mol.